The first-order valence-corrected chi connectivity index (χ1v) is 10.2. The molecule has 134 valence electrons. The van der Waals surface area contributed by atoms with Crippen molar-refractivity contribution in [2.24, 2.45) is 0 Å². The van der Waals surface area contributed by atoms with Gasteiger partial charge in [0.1, 0.15) is 11.5 Å². The Kier molecular flexibility index (Phi) is 4.13. The van der Waals surface area contributed by atoms with Crippen LogP contribution >= 0.6 is 11.8 Å². The predicted octanol–water partition coefficient (Wildman–Crippen LogP) is 5.28. The molecule has 2 aliphatic rings. The third-order valence-electron chi connectivity index (χ3n) is 5.22. The van der Waals surface area contributed by atoms with Gasteiger partial charge >= 0.3 is 0 Å². The van der Waals surface area contributed by atoms with Gasteiger partial charge in [-0.05, 0) is 30.2 Å². The summed E-state index contributed by atoms with van der Waals surface area (Å²) in [4.78, 5) is 14.7. The first-order chi connectivity index (χ1) is 13.3. The molecule has 5 rings (SSSR count). The minimum Gasteiger partial charge on any atom is -0.457 e. The van der Waals surface area contributed by atoms with Gasteiger partial charge in [0.2, 0.25) is 5.91 Å². The number of amides is 1. The second-order valence-electron chi connectivity index (χ2n) is 6.85. The molecule has 2 aliphatic heterocycles. The van der Waals surface area contributed by atoms with Crippen molar-refractivity contribution >= 4 is 17.7 Å². The van der Waals surface area contributed by atoms with Gasteiger partial charge < -0.3 is 10.1 Å². The van der Waals surface area contributed by atoms with Crippen LogP contribution in [0.25, 0.3) is 0 Å². The first kappa shape index (κ1) is 16.5. The minimum atomic E-state index is -0.354. The molecule has 0 radical (unpaired) electrons. The summed E-state index contributed by atoms with van der Waals surface area (Å²) in [7, 11) is 0. The van der Waals surface area contributed by atoms with E-state index in [4.69, 9.17) is 4.74 Å². The predicted molar refractivity (Wildman–Crippen MR) is 107 cm³/mol. The molecule has 3 aromatic rings. The van der Waals surface area contributed by atoms with Crippen LogP contribution in [0.4, 0.5) is 0 Å². The molecule has 0 fully saturated rings. The van der Waals surface area contributed by atoms with Gasteiger partial charge in [-0.25, -0.2) is 0 Å². The van der Waals surface area contributed by atoms with E-state index in [1.165, 1.54) is 10.5 Å². The fourth-order valence-corrected chi connectivity index (χ4v) is 5.06. The largest absolute Gasteiger partial charge is 0.457 e. The molecule has 0 spiro atoms. The average Bonchev–Trinajstić information content (AvgIpc) is 2.72. The Bertz CT molecular complexity index is 971. The quantitative estimate of drug-likeness (QED) is 0.664. The number of hydrogen-bond acceptors (Lipinski definition) is 3. The number of ether oxygens (including phenoxy) is 1. The van der Waals surface area contributed by atoms with Gasteiger partial charge in [0.05, 0.1) is 12.0 Å². The van der Waals surface area contributed by atoms with Crippen LogP contribution in [-0.2, 0) is 4.79 Å². The SMILES string of the molecule is O=C(N[C@@H]1CCSc2ccccc21)C1c2ccccc2Oc2ccccc21. The van der Waals surface area contributed by atoms with Crippen molar-refractivity contribution in [2.45, 2.75) is 23.3 Å². The number of benzene rings is 3. The fraction of sp³-hybridized carbons (Fsp3) is 0.174. The normalized spacial score (nSPS) is 17.9. The number of nitrogens with one attached hydrogen (secondary N) is 1. The van der Waals surface area contributed by atoms with Crippen LogP contribution in [0.15, 0.2) is 77.7 Å². The Balaban J connectivity index is 1.51. The van der Waals surface area contributed by atoms with Gasteiger partial charge in [0, 0.05) is 21.8 Å². The standard InChI is InChI=1S/C23H19NO2S/c25-23(24-18-13-14-27-21-12-6-3-7-15(18)21)22-16-8-1-4-10-19(16)26-20-11-5-2-9-17(20)22/h1-12,18,22H,13-14H2,(H,24,25)/t18-/m1/s1. The number of carbonyl (C=O) groups excluding carboxylic acids is 1. The van der Waals surface area contributed by atoms with Crippen molar-refractivity contribution in [2.75, 3.05) is 5.75 Å². The minimum absolute atomic E-state index is 0.0323. The second-order valence-corrected chi connectivity index (χ2v) is 7.98. The van der Waals surface area contributed by atoms with Crippen LogP contribution in [0.3, 0.4) is 0 Å². The highest BCUT2D eigenvalue weighted by atomic mass is 32.2. The Hall–Kier alpha value is -2.72. The molecule has 0 unspecified atom stereocenters. The third-order valence-corrected chi connectivity index (χ3v) is 6.34. The van der Waals surface area contributed by atoms with Crippen LogP contribution in [0.5, 0.6) is 11.5 Å². The molecule has 1 atom stereocenters. The molecular weight excluding hydrogens is 354 g/mol. The van der Waals surface area contributed by atoms with Crippen LogP contribution < -0.4 is 10.1 Å². The number of carbonyl (C=O) groups is 1. The van der Waals surface area contributed by atoms with E-state index in [-0.39, 0.29) is 17.9 Å². The summed E-state index contributed by atoms with van der Waals surface area (Å²) in [6.45, 7) is 0. The van der Waals surface area contributed by atoms with Crippen LogP contribution in [0.2, 0.25) is 0 Å². The average molecular weight is 373 g/mol. The van der Waals surface area contributed by atoms with Crippen molar-refractivity contribution in [3.8, 4) is 11.5 Å². The van der Waals surface area contributed by atoms with E-state index in [0.717, 1.165) is 34.8 Å². The number of para-hydroxylation sites is 2. The first-order valence-electron chi connectivity index (χ1n) is 9.19. The molecule has 3 aromatic carbocycles. The number of thioether (sulfide) groups is 1. The molecule has 0 bridgehead atoms. The highest BCUT2D eigenvalue weighted by molar-refractivity contribution is 7.99. The van der Waals surface area contributed by atoms with Gasteiger partial charge in [-0.1, -0.05) is 54.6 Å². The lowest BCUT2D eigenvalue weighted by molar-refractivity contribution is -0.122. The lowest BCUT2D eigenvalue weighted by Gasteiger charge is -2.31. The van der Waals surface area contributed by atoms with Crippen LogP contribution in [0, 0.1) is 0 Å². The Morgan fingerprint density at radius 3 is 2.15 bits per heavy atom. The van der Waals surface area contributed by atoms with Gasteiger partial charge in [-0.2, -0.15) is 0 Å². The zero-order valence-electron chi connectivity index (χ0n) is 14.7. The molecule has 4 heteroatoms. The summed E-state index contributed by atoms with van der Waals surface area (Å²) in [5, 5.41) is 3.32. The van der Waals surface area contributed by atoms with E-state index in [2.05, 4.69) is 23.5 Å². The molecule has 3 nitrogen and oxygen atoms in total. The van der Waals surface area contributed by atoms with E-state index < -0.39 is 0 Å². The lowest BCUT2D eigenvalue weighted by atomic mass is 9.87. The van der Waals surface area contributed by atoms with Crippen LogP contribution in [0.1, 0.15) is 35.1 Å². The molecule has 0 aromatic heterocycles. The number of fused-ring (bicyclic) bond motifs is 3. The van der Waals surface area contributed by atoms with Gasteiger partial charge in [-0.3, -0.25) is 4.79 Å². The summed E-state index contributed by atoms with van der Waals surface area (Å²) < 4.78 is 6.02. The summed E-state index contributed by atoms with van der Waals surface area (Å²) in [5.74, 6) is 2.22. The monoisotopic (exact) mass is 373 g/mol. The van der Waals surface area contributed by atoms with Crippen molar-refractivity contribution in [3.63, 3.8) is 0 Å². The Morgan fingerprint density at radius 2 is 1.44 bits per heavy atom. The maximum atomic E-state index is 13.4. The van der Waals surface area contributed by atoms with Gasteiger partial charge in [0.25, 0.3) is 0 Å². The number of rotatable bonds is 2. The molecule has 1 N–H and O–H groups in total. The van der Waals surface area contributed by atoms with E-state index in [0.29, 0.717) is 0 Å². The molecular formula is C23H19NO2S. The summed E-state index contributed by atoms with van der Waals surface area (Å²) in [6, 6.07) is 24.0. The van der Waals surface area contributed by atoms with Gasteiger partial charge in [0.15, 0.2) is 0 Å². The Morgan fingerprint density at radius 1 is 0.852 bits per heavy atom. The van der Waals surface area contributed by atoms with Crippen molar-refractivity contribution in [3.05, 3.63) is 89.5 Å². The van der Waals surface area contributed by atoms with Crippen molar-refractivity contribution in [1.29, 1.82) is 0 Å². The van der Waals surface area contributed by atoms with Gasteiger partial charge in [-0.15, -0.1) is 11.8 Å². The van der Waals surface area contributed by atoms with E-state index in [1.807, 2.05) is 66.4 Å². The van der Waals surface area contributed by atoms with Crippen LogP contribution in [-0.4, -0.2) is 11.7 Å². The zero-order chi connectivity index (χ0) is 18.2. The maximum absolute atomic E-state index is 13.4. The maximum Gasteiger partial charge on any atom is 0.232 e. The lowest BCUT2D eigenvalue weighted by Crippen LogP contribution is -2.35. The zero-order valence-corrected chi connectivity index (χ0v) is 15.5. The topological polar surface area (TPSA) is 38.3 Å². The summed E-state index contributed by atoms with van der Waals surface area (Å²) in [5.41, 5.74) is 3.06. The molecule has 1 amide bonds. The summed E-state index contributed by atoms with van der Waals surface area (Å²) >= 11 is 1.86. The fourth-order valence-electron chi connectivity index (χ4n) is 3.94. The molecule has 2 heterocycles. The highest BCUT2D eigenvalue weighted by Gasteiger charge is 2.34. The number of hydrogen-bond donors (Lipinski definition) is 1. The Labute approximate surface area is 162 Å². The highest BCUT2D eigenvalue weighted by Crippen LogP contribution is 2.44. The van der Waals surface area contributed by atoms with E-state index in [1.54, 1.807) is 0 Å². The van der Waals surface area contributed by atoms with E-state index >= 15 is 0 Å². The van der Waals surface area contributed by atoms with Crippen molar-refractivity contribution in [1.82, 2.24) is 5.32 Å². The summed E-state index contributed by atoms with van der Waals surface area (Å²) in [6.07, 6.45) is 0.944. The molecule has 0 saturated carbocycles. The molecule has 0 saturated heterocycles. The smallest absolute Gasteiger partial charge is 0.232 e. The van der Waals surface area contributed by atoms with Crippen molar-refractivity contribution < 1.29 is 9.53 Å². The molecule has 27 heavy (non-hydrogen) atoms. The second kappa shape index (κ2) is 6.78. The third kappa shape index (κ3) is 2.90. The van der Waals surface area contributed by atoms with E-state index in [9.17, 15) is 4.79 Å². The molecule has 0 aliphatic carbocycles.